The van der Waals surface area contributed by atoms with E-state index in [9.17, 15) is 4.39 Å². The first-order chi connectivity index (χ1) is 6.24. The maximum absolute atomic E-state index is 13.0. The molecule has 1 nitrogen and oxygen atoms in total. The molecule has 0 amide bonds. The molecule has 0 saturated heterocycles. The summed E-state index contributed by atoms with van der Waals surface area (Å²) >= 11 is 4.02. The van der Waals surface area contributed by atoms with Crippen molar-refractivity contribution in [1.29, 1.82) is 0 Å². The van der Waals surface area contributed by atoms with Crippen molar-refractivity contribution in [3.63, 3.8) is 0 Å². The molecule has 0 heterocycles. The molecule has 3 heteroatoms. The van der Waals surface area contributed by atoms with Crippen molar-refractivity contribution in [3.05, 3.63) is 35.7 Å². The Bertz CT molecular complexity index is 310. The largest absolute Gasteiger partial charge is 0.508 e. The van der Waals surface area contributed by atoms with Crippen LogP contribution in [0.25, 0.3) is 6.08 Å². The fourth-order valence-electron chi connectivity index (χ4n) is 0.944. The third kappa shape index (κ3) is 3.11. The lowest BCUT2D eigenvalue weighted by Crippen LogP contribution is -1.80. The minimum Gasteiger partial charge on any atom is -0.508 e. The summed E-state index contributed by atoms with van der Waals surface area (Å²) in [5, 5.41) is 9.08. The van der Waals surface area contributed by atoms with E-state index in [1.54, 1.807) is 6.08 Å². The monoisotopic (exact) mass is 198 g/mol. The minimum absolute atomic E-state index is 0.0759. The summed E-state index contributed by atoms with van der Waals surface area (Å²) in [6.07, 6.45) is 4.26. The summed E-state index contributed by atoms with van der Waals surface area (Å²) in [6, 6.07) is 3.96. The molecule has 0 unspecified atom stereocenters. The Morgan fingerprint density at radius 2 is 2.23 bits per heavy atom. The van der Waals surface area contributed by atoms with Crippen molar-refractivity contribution >= 4 is 18.7 Å². The van der Waals surface area contributed by atoms with Crippen LogP contribution in [0.5, 0.6) is 5.75 Å². The lowest BCUT2D eigenvalue weighted by atomic mass is 10.2. The van der Waals surface area contributed by atoms with Gasteiger partial charge in [0, 0.05) is 5.56 Å². The summed E-state index contributed by atoms with van der Waals surface area (Å²) in [7, 11) is 0. The van der Waals surface area contributed by atoms with Crippen molar-refractivity contribution in [1.82, 2.24) is 0 Å². The van der Waals surface area contributed by atoms with E-state index in [0.29, 0.717) is 5.56 Å². The van der Waals surface area contributed by atoms with Crippen molar-refractivity contribution in [2.75, 3.05) is 5.75 Å². The standard InChI is InChI=1S/C10H11FOS/c11-10-5-4-9(12)7-8(10)3-1-2-6-13/h1,3-5,7,12-13H,2,6H2. The average molecular weight is 198 g/mol. The van der Waals surface area contributed by atoms with Crippen molar-refractivity contribution < 1.29 is 9.50 Å². The molecular formula is C10H11FOS. The summed E-state index contributed by atoms with van der Waals surface area (Å²) in [5.41, 5.74) is 0.404. The van der Waals surface area contributed by atoms with Gasteiger partial charge in [-0.1, -0.05) is 12.2 Å². The molecule has 0 aliphatic heterocycles. The fourth-order valence-corrected chi connectivity index (χ4v) is 1.09. The fraction of sp³-hybridized carbons (Fsp3) is 0.200. The Hall–Kier alpha value is -0.960. The van der Waals surface area contributed by atoms with Crippen molar-refractivity contribution in [2.45, 2.75) is 6.42 Å². The Kier molecular flexibility index (Phi) is 3.83. The van der Waals surface area contributed by atoms with E-state index < -0.39 is 0 Å². The molecule has 0 radical (unpaired) electrons. The van der Waals surface area contributed by atoms with E-state index in [1.807, 2.05) is 6.08 Å². The van der Waals surface area contributed by atoms with Gasteiger partial charge in [-0.3, -0.25) is 0 Å². The number of hydrogen-bond donors (Lipinski definition) is 2. The number of aromatic hydroxyl groups is 1. The summed E-state index contributed by atoms with van der Waals surface area (Å²) in [5.74, 6) is 0.483. The Morgan fingerprint density at radius 3 is 2.92 bits per heavy atom. The molecule has 13 heavy (non-hydrogen) atoms. The molecule has 1 aromatic carbocycles. The summed E-state index contributed by atoms with van der Waals surface area (Å²) < 4.78 is 13.0. The van der Waals surface area contributed by atoms with Gasteiger partial charge in [-0.2, -0.15) is 12.6 Å². The second-order valence-corrected chi connectivity index (χ2v) is 3.07. The maximum Gasteiger partial charge on any atom is 0.130 e. The van der Waals surface area contributed by atoms with Crippen LogP contribution in [0.15, 0.2) is 24.3 Å². The third-order valence-electron chi connectivity index (χ3n) is 1.57. The van der Waals surface area contributed by atoms with Gasteiger partial charge < -0.3 is 5.11 Å². The zero-order chi connectivity index (χ0) is 9.68. The molecular weight excluding hydrogens is 187 g/mol. The number of rotatable bonds is 3. The van der Waals surface area contributed by atoms with Gasteiger partial charge in [0.2, 0.25) is 0 Å². The molecule has 1 aromatic rings. The lowest BCUT2D eigenvalue weighted by Gasteiger charge is -1.97. The molecule has 0 aliphatic rings. The summed E-state index contributed by atoms with van der Waals surface area (Å²) in [6.45, 7) is 0. The second kappa shape index (κ2) is 4.92. The number of hydrogen-bond acceptors (Lipinski definition) is 2. The predicted molar refractivity (Wildman–Crippen MR) is 55.6 cm³/mol. The highest BCUT2D eigenvalue weighted by atomic mass is 32.1. The van der Waals surface area contributed by atoms with Crippen LogP contribution in [0, 0.1) is 5.82 Å². The number of phenols is 1. The van der Waals surface area contributed by atoms with Crippen LogP contribution in [0.4, 0.5) is 4.39 Å². The SMILES string of the molecule is Oc1ccc(F)c(C=CCCS)c1. The Morgan fingerprint density at radius 1 is 1.46 bits per heavy atom. The smallest absolute Gasteiger partial charge is 0.130 e. The van der Waals surface area contributed by atoms with Crippen LogP contribution in [-0.4, -0.2) is 10.9 Å². The van der Waals surface area contributed by atoms with E-state index >= 15 is 0 Å². The minimum atomic E-state index is -0.326. The van der Waals surface area contributed by atoms with Crippen LogP contribution in [0.2, 0.25) is 0 Å². The van der Waals surface area contributed by atoms with Crippen LogP contribution in [0.3, 0.4) is 0 Å². The van der Waals surface area contributed by atoms with E-state index in [1.165, 1.54) is 18.2 Å². The molecule has 0 atom stereocenters. The average Bonchev–Trinajstić information content (AvgIpc) is 2.11. The second-order valence-electron chi connectivity index (χ2n) is 2.62. The summed E-state index contributed by atoms with van der Waals surface area (Å²) in [4.78, 5) is 0. The Labute approximate surface area is 82.3 Å². The molecule has 0 saturated carbocycles. The first-order valence-electron chi connectivity index (χ1n) is 4.00. The highest BCUT2D eigenvalue weighted by molar-refractivity contribution is 7.80. The molecule has 1 rings (SSSR count). The van der Waals surface area contributed by atoms with Crippen molar-refractivity contribution in [2.24, 2.45) is 0 Å². The van der Waals surface area contributed by atoms with E-state index in [-0.39, 0.29) is 11.6 Å². The number of benzene rings is 1. The molecule has 0 aliphatic carbocycles. The van der Waals surface area contributed by atoms with Gasteiger partial charge in [-0.15, -0.1) is 0 Å². The van der Waals surface area contributed by atoms with Gasteiger partial charge >= 0.3 is 0 Å². The number of halogens is 1. The predicted octanol–water partition coefficient (Wildman–Crippen LogP) is 2.86. The molecule has 1 N–H and O–H groups in total. The van der Waals surface area contributed by atoms with E-state index in [0.717, 1.165) is 12.2 Å². The van der Waals surface area contributed by atoms with Crippen LogP contribution < -0.4 is 0 Å². The van der Waals surface area contributed by atoms with E-state index in [2.05, 4.69) is 12.6 Å². The molecule has 0 spiro atoms. The zero-order valence-corrected chi connectivity index (χ0v) is 7.97. The third-order valence-corrected chi connectivity index (χ3v) is 1.83. The van der Waals surface area contributed by atoms with Crippen LogP contribution >= 0.6 is 12.6 Å². The molecule has 0 fully saturated rings. The maximum atomic E-state index is 13.0. The molecule has 70 valence electrons. The Balaban J connectivity index is 2.81. The van der Waals surface area contributed by atoms with E-state index in [4.69, 9.17) is 5.11 Å². The highest BCUT2D eigenvalue weighted by Gasteiger charge is 1.98. The van der Waals surface area contributed by atoms with Gasteiger partial charge in [-0.05, 0) is 30.4 Å². The zero-order valence-electron chi connectivity index (χ0n) is 7.07. The van der Waals surface area contributed by atoms with Crippen LogP contribution in [0.1, 0.15) is 12.0 Å². The van der Waals surface area contributed by atoms with Crippen LogP contribution in [-0.2, 0) is 0 Å². The topological polar surface area (TPSA) is 20.2 Å². The molecule has 0 aromatic heterocycles. The van der Waals surface area contributed by atoms with Crippen molar-refractivity contribution in [3.8, 4) is 5.75 Å². The normalized spacial score (nSPS) is 10.9. The van der Waals surface area contributed by atoms with Gasteiger partial charge in [-0.25, -0.2) is 4.39 Å². The first-order valence-corrected chi connectivity index (χ1v) is 4.63. The molecule has 0 bridgehead atoms. The van der Waals surface area contributed by atoms with Gasteiger partial charge in [0.05, 0.1) is 0 Å². The van der Waals surface area contributed by atoms with Gasteiger partial charge in [0.15, 0.2) is 0 Å². The van der Waals surface area contributed by atoms with Gasteiger partial charge in [0.1, 0.15) is 11.6 Å². The quantitative estimate of drug-likeness (QED) is 0.715. The first kappa shape index (κ1) is 10.1. The highest BCUT2D eigenvalue weighted by Crippen LogP contribution is 2.16. The number of thiol groups is 1. The number of allylic oxidation sites excluding steroid dienone is 1. The lowest BCUT2D eigenvalue weighted by molar-refractivity contribution is 0.473. The number of phenolic OH excluding ortho intramolecular Hbond substituents is 1. The van der Waals surface area contributed by atoms with Gasteiger partial charge in [0.25, 0.3) is 0 Å².